The Kier molecular flexibility index (Phi) is 9.41. The molecule has 0 saturated carbocycles. The number of ether oxygens (including phenoxy) is 1. The number of phenols is 1. The van der Waals surface area contributed by atoms with Gasteiger partial charge in [0.1, 0.15) is 45.5 Å². The molecule has 0 aliphatic carbocycles. The van der Waals surface area contributed by atoms with E-state index in [0.29, 0.717) is 46.1 Å². The standard InChI is InChI=1S/C15H13FO4S.C14H11FO4S/c1-20-14-6-3-10(9-17)7-12(14)11-4-5-13(16)15(8-11)21(2,18)19;1-20(18,19)14-7-10(3-4-12(14)15)11-6-9(8-16)2-5-13(11)17/h3-9H,1-2H3;2-8,17H,1H3. The summed E-state index contributed by atoms with van der Waals surface area (Å²) in [7, 11) is -5.94. The summed E-state index contributed by atoms with van der Waals surface area (Å²) in [5.41, 5.74) is 2.29. The van der Waals surface area contributed by atoms with Crippen molar-refractivity contribution in [1.82, 2.24) is 0 Å². The van der Waals surface area contributed by atoms with Crippen LogP contribution in [0.3, 0.4) is 0 Å². The van der Waals surface area contributed by atoms with Crippen molar-refractivity contribution in [2.24, 2.45) is 0 Å². The summed E-state index contributed by atoms with van der Waals surface area (Å²) in [4.78, 5) is 20.8. The van der Waals surface area contributed by atoms with Crippen molar-refractivity contribution in [3.63, 3.8) is 0 Å². The van der Waals surface area contributed by atoms with Crippen LogP contribution in [0, 0.1) is 11.6 Å². The van der Waals surface area contributed by atoms with Gasteiger partial charge >= 0.3 is 0 Å². The quantitative estimate of drug-likeness (QED) is 0.288. The number of carbonyl (C=O) groups is 2. The highest BCUT2D eigenvalue weighted by molar-refractivity contribution is 7.91. The van der Waals surface area contributed by atoms with Gasteiger partial charge in [-0.15, -0.1) is 0 Å². The van der Waals surface area contributed by atoms with Crippen LogP contribution < -0.4 is 4.74 Å². The Morgan fingerprint density at radius 2 is 1.10 bits per heavy atom. The van der Waals surface area contributed by atoms with Crippen LogP contribution in [-0.4, -0.2) is 54.1 Å². The number of hydrogen-bond acceptors (Lipinski definition) is 8. The molecule has 0 radical (unpaired) electrons. The van der Waals surface area contributed by atoms with E-state index in [1.165, 1.54) is 43.5 Å². The van der Waals surface area contributed by atoms with Gasteiger partial charge in [0.15, 0.2) is 19.7 Å². The van der Waals surface area contributed by atoms with E-state index in [4.69, 9.17) is 4.74 Å². The van der Waals surface area contributed by atoms with E-state index in [9.17, 15) is 40.3 Å². The minimum absolute atomic E-state index is 0.123. The lowest BCUT2D eigenvalue weighted by Gasteiger charge is -2.11. The predicted octanol–water partition coefficient (Wildman–Crippen LogP) is 5.13. The van der Waals surface area contributed by atoms with Crippen molar-refractivity contribution in [2.45, 2.75) is 9.79 Å². The second-order valence-corrected chi connectivity index (χ2v) is 12.8. The van der Waals surface area contributed by atoms with Crippen molar-refractivity contribution < 1.29 is 45.0 Å². The number of sulfone groups is 2. The molecule has 1 N–H and O–H groups in total. The zero-order valence-corrected chi connectivity index (χ0v) is 23.6. The van der Waals surface area contributed by atoms with E-state index in [1.54, 1.807) is 18.2 Å². The summed E-state index contributed by atoms with van der Waals surface area (Å²) in [5, 5.41) is 9.79. The molecule has 4 rings (SSSR count). The zero-order valence-electron chi connectivity index (χ0n) is 22.0. The number of hydrogen-bond donors (Lipinski definition) is 1. The second-order valence-electron chi connectivity index (χ2n) is 8.81. The molecule has 41 heavy (non-hydrogen) atoms. The Morgan fingerprint density at radius 3 is 1.54 bits per heavy atom. The molecule has 12 heteroatoms. The van der Waals surface area contributed by atoms with Gasteiger partial charge in [-0.2, -0.15) is 0 Å². The lowest BCUT2D eigenvalue weighted by Crippen LogP contribution is -2.01. The van der Waals surface area contributed by atoms with Gasteiger partial charge in [0.2, 0.25) is 0 Å². The molecule has 8 nitrogen and oxygen atoms in total. The van der Waals surface area contributed by atoms with Crippen LogP contribution in [0.15, 0.2) is 82.6 Å². The van der Waals surface area contributed by atoms with Crippen LogP contribution in [0.25, 0.3) is 22.3 Å². The molecule has 0 aromatic heterocycles. The molecule has 214 valence electrons. The Bertz CT molecular complexity index is 1850. The molecule has 0 aliphatic rings. The first-order chi connectivity index (χ1) is 19.2. The van der Waals surface area contributed by atoms with Gasteiger partial charge in [0, 0.05) is 34.8 Å². The van der Waals surface area contributed by atoms with E-state index < -0.39 is 41.1 Å². The number of phenolic OH excluding ortho intramolecular Hbond substituents is 1. The molecular weight excluding hydrogens is 578 g/mol. The monoisotopic (exact) mass is 602 g/mol. The highest BCUT2D eigenvalue weighted by Gasteiger charge is 2.18. The number of aldehydes is 2. The maximum atomic E-state index is 13.6. The minimum Gasteiger partial charge on any atom is -0.507 e. The highest BCUT2D eigenvalue weighted by Crippen LogP contribution is 2.33. The van der Waals surface area contributed by atoms with Crippen LogP contribution in [-0.2, 0) is 19.7 Å². The Balaban J connectivity index is 0.000000226. The van der Waals surface area contributed by atoms with Crippen LogP contribution in [0.5, 0.6) is 11.5 Å². The molecule has 0 atom stereocenters. The predicted molar refractivity (Wildman–Crippen MR) is 149 cm³/mol. The summed E-state index contributed by atoms with van der Waals surface area (Å²) < 4.78 is 78.5. The van der Waals surface area contributed by atoms with E-state index in [0.717, 1.165) is 30.7 Å². The fraction of sp³-hybridized carbons (Fsp3) is 0.103. The third kappa shape index (κ3) is 7.41. The summed E-state index contributed by atoms with van der Waals surface area (Å²) in [6.45, 7) is 0. The topological polar surface area (TPSA) is 132 Å². The van der Waals surface area contributed by atoms with Crippen LogP contribution in [0.2, 0.25) is 0 Å². The van der Waals surface area contributed by atoms with E-state index >= 15 is 0 Å². The third-order valence-electron chi connectivity index (χ3n) is 5.80. The summed E-state index contributed by atoms with van der Waals surface area (Å²) in [6.07, 6.45) is 3.11. The molecule has 0 unspecified atom stereocenters. The summed E-state index contributed by atoms with van der Waals surface area (Å²) in [6, 6.07) is 16.1. The fourth-order valence-electron chi connectivity index (χ4n) is 3.79. The fourth-order valence-corrected chi connectivity index (χ4v) is 5.32. The van der Waals surface area contributed by atoms with Gasteiger partial charge in [-0.1, -0.05) is 12.1 Å². The van der Waals surface area contributed by atoms with Crippen molar-refractivity contribution in [3.05, 3.63) is 95.6 Å². The first kappa shape index (κ1) is 31.1. The van der Waals surface area contributed by atoms with E-state index in [2.05, 4.69) is 0 Å². The van der Waals surface area contributed by atoms with E-state index in [-0.39, 0.29) is 11.3 Å². The molecule has 4 aromatic rings. The molecule has 0 bridgehead atoms. The van der Waals surface area contributed by atoms with Crippen molar-refractivity contribution in [3.8, 4) is 33.8 Å². The number of carbonyl (C=O) groups excluding carboxylic acids is 2. The molecule has 0 aliphatic heterocycles. The molecular formula is C29H24F2O8S2. The molecule has 0 saturated heterocycles. The molecule has 0 fully saturated rings. The lowest BCUT2D eigenvalue weighted by atomic mass is 10.0. The van der Waals surface area contributed by atoms with Crippen molar-refractivity contribution in [1.29, 1.82) is 0 Å². The van der Waals surface area contributed by atoms with Crippen LogP contribution in [0.4, 0.5) is 8.78 Å². The highest BCUT2D eigenvalue weighted by atomic mass is 32.2. The zero-order chi connectivity index (χ0) is 30.5. The normalized spacial score (nSPS) is 11.2. The van der Waals surface area contributed by atoms with Gasteiger partial charge in [-0.3, -0.25) is 9.59 Å². The van der Waals surface area contributed by atoms with Gasteiger partial charge in [-0.25, -0.2) is 25.6 Å². The van der Waals surface area contributed by atoms with Gasteiger partial charge in [-0.05, 0) is 71.8 Å². The molecule has 0 heterocycles. The molecule has 4 aromatic carbocycles. The van der Waals surface area contributed by atoms with Crippen LogP contribution >= 0.6 is 0 Å². The third-order valence-corrected chi connectivity index (χ3v) is 8.02. The first-order valence-electron chi connectivity index (χ1n) is 11.6. The minimum atomic E-state index is -3.72. The Labute approximate surface area is 235 Å². The number of benzene rings is 4. The first-order valence-corrected chi connectivity index (χ1v) is 15.4. The summed E-state index contributed by atoms with van der Waals surface area (Å²) >= 11 is 0. The van der Waals surface area contributed by atoms with Gasteiger partial charge < -0.3 is 9.84 Å². The van der Waals surface area contributed by atoms with Gasteiger partial charge in [0.25, 0.3) is 0 Å². The Morgan fingerprint density at radius 1 is 0.659 bits per heavy atom. The van der Waals surface area contributed by atoms with Crippen molar-refractivity contribution >= 4 is 32.2 Å². The SMILES string of the molecule is COc1ccc(C=O)cc1-c1ccc(F)c(S(C)(=O)=O)c1.CS(=O)(=O)c1cc(-c2cc(C=O)ccc2O)ccc1F. The average molecular weight is 603 g/mol. The van der Waals surface area contributed by atoms with Crippen LogP contribution in [0.1, 0.15) is 20.7 Å². The number of halogens is 2. The molecule has 0 amide bonds. The summed E-state index contributed by atoms with van der Waals surface area (Å²) in [5.74, 6) is -1.33. The number of methoxy groups -OCH3 is 1. The smallest absolute Gasteiger partial charge is 0.178 e. The van der Waals surface area contributed by atoms with Crippen molar-refractivity contribution in [2.75, 3.05) is 19.6 Å². The van der Waals surface area contributed by atoms with Gasteiger partial charge in [0.05, 0.1) is 7.11 Å². The molecule has 0 spiro atoms. The number of aromatic hydroxyl groups is 1. The largest absolute Gasteiger partial charge is 0.507 e. The number of rotatable bonds is 7. The van der Waals surface area contributed by atoms with E-state index in [1.807, 2.05) is 0 Å². The maximum absolute atomic E-state index is 13.6. The maximum Gasteiger partial charge on any atom is 0.178 e. The lowest BCUT2D eigenvalue weighted by molar-refractivity contribution is 0.111. The Hall–Kier alpha value is -4.42. The second kappa shape index (κ2) is 12.4. The average Bonchev–Trinajstić information content (AvgIpc) is 2.92.